The van der Waals surface area contributed by atoms with Gasteiger partial charge in [0.1, 0.15) is 11.6 Å². The summed E-state index contributed by atoms with van der Waals surface area (Å²) >= 11 is 1.82. The zero-order chi connectivity index (χ0) is 13.1. The van der Waals surface area contributed by atoms with Crippen molar-refractivity contribution in [1.29, 1.82) is 0 Å². The molecule has 5 heteroatoms. The van der Waals surface area contributed by atoms with Crippen molar-refractivity contribution in [3.8, 4) is 0 Å². The molecule has 4 nitrogen and oxygen atoms in total. The maximum Gasteiger partial charge on any atom is 0.147 e. The highest BCUT2D eigenvalue weighted by molar-refractivity contribution is 7.09. The summed E-state index contributed by atoms with van der Waals surface area (Å²) in [5.74, 6) is 2.25. The van der Waals surface area contributed by atoms with Gasteiger partial charge in [-0.2, -0.15) is 0 Å². The Morgan fingerprint density at radius 1 is 1.42 bits per heavy atom. The summed E-state index contributed by atoms with van der Waals surface area (Å²) in [7, 11) is 0. The first kappa shape index (κ1) is 12.8. The highest BCUT2D eigenvalue weighted by Gasteiger charge is 2.15. The predicted octanol–water partition coefficient (Wildman–Crippen LogP) is 2.40. The van der Waals surface area contributed by atoms with Gasteiger partial charge in [0.2, 0.25) is 0 Å². The van der Waals surface area contributed by atoms with Gasteiger partial charge in [0, 0.05) is 23.9 Å². The standard InChI is InChI=1S/C14H20N4S/c1-11(9-12-5-4-8-19-12)15-10-14-17-16-13-6-2-3-7-18(13)14/h4-5,8,11,15H,2-3,6-7,9-10H2,1H3. The van der Waals surface area contributed by atoms with Crippen LogP contribution in [0.25, 0.3) is 0 Å². The molecule has 0 bridgehead atoms. The fourth-order valence-electron chi connectivity index (χ4n) is 2.57. The van der Waals surface area contributed by atoms with Crippen LogP contribution in [0.1, 0.15) is 36.3 Å². The summed E-state index contributed by atoms with van der Waals surface area (Å²) in [6.45, 7) is 4.13. The van der Waals surface area contributed by atoms with E-state index < -0.39 is 0 Å². The van der Waals surface area contributed by atoms with Crippen molar-refractivity contribution in [3.63, 3.8) is 0 Å². The Hall–Kier alpha value is -1.20. The maximum absolute atomic E-state index is 4.32. The molecule has 0 saturated carbocycles. The number of nitrogens with zero attached hydrogens (tertiary/aromatic N) is 3. The van der Waals surface area contributed by atoms with Gasteiger partial charge in [-0.15, -0.1) is 21.5 Å². The van der Waals surface area contributed by atoms with Gasteiger partial charge in [-0.25, -0.2) is 0 Å². The second-order valence-corrected chi connectivity index (χ2v) is 6.24. The van der Waals surface area contributed by atoms with E-state index in [4.69, 9.17) is 0 Å². The van der Waals surface area contributed by atoms with Crippen molar-refractivity contribution in [2.45, 2.75) is 51.7 Å². The molecule has 0 radical (unpaired) electrons. The van der Waals surface area contributed by atoms with Gasteiger partial charge in [0.15, 0.2) is 0 Å². The summed E-state index contributed by atoms with van der Waals surface area (Å²) in [6.07, 6.45) is 4.67. The lowest BCUT2D eigenvalue weighted by Crippen LogP contribution is -2.29. The van der Waals surface area contributed by atoms with E-state index in [-0.39, 0.29) is 0 Å². The van der Waals surface area contributed by atoms with Crippen molar-refractivity contribution in [1.82, 2.24) is 20.1 Å². The molecule has 1 N–H and O–H groups in total. The fraction of sp³-hybridized carbons (Fsp3) is 0.571. The molecule has 0 spiro atoms. The van der Waals surface area contributed by atoms with Gasteiger partial charge in [-0.3, -0.25) is 0 Å². The number of nitrogens with one attached hydrogen (secondary N) is 1. The van der Waals surface area contributed by atoms with Crippen LogP contribution >= 0.6 is 11.3 Å². The topological polar surface area (TPSA) is 42.7 Å². The summed E-state index contributed by atoms with van der Waals surface area (Å²) < 4.78 is 2.29. The number of aromatic nitrogens is 3. The lowest BCUT2D eigenvalue weighted by molar-refractivity contribution is 0.478. The SMILES string of the molecule is CC(Cc1cccs1)NCc1nnc2n1CCCC2. The van der Waals surface area contributed by atoms with Gasteiger partial charge < -0.3 is 9.88 Å². The molecule has 19 heavy (non-hydrogen) atoms. The second kappa shape index (κ2) is 5.84. The maximum atomic E-state index is 4.32. The van der Waals surface area contributed by atoms with E-state index in [0.717, 1.165) is 37.6 Å². The van der Waals surface area contributed by atoms with Crippen molar-refractivity contribution < 1.29 is 0 Å². The highest BCUT2D eigenvalue weighted by Crippen LogP contribution is 2.15. The van der Waals surface area contributed by atoms with Gasteiger partial charge in [0.25, 0.3) is 0 Å². The average molecular weight is 276 g/mol. The summed E-state index contributed by atoms with van der Waals surface area (Å²) in [6, 6.07) is 4.78. The smallest absolute Gasteiger partial charge is 0.147 e. The van der Waals surface area contributed by atoms with Crippen LogP contribution in [0.4, 0.5) is 0 Å². The number of hydrogen-bond acceptors (Lipinski definition) is 4. The van der Waals surface area contributed by atoms with E-state index >= 15 is 0 Å². The molecule has 2 aromatic heterocycles. The van der Waals surface area contributed by atoms with E-state index in [1.165, 1.54) is 17.7 Å². The van der Waals surface area contributed by atoms with Crippen LogP contribution in [0.15, 0.2) is 17.5 Å². The second-order valence-electron chi connectivity index (χ2n) is 5.21. The highest BCUT2D eigenvalue weighted by atomic mass is 32.1. The van der Waals surface area contributed by atoms with Crippen LogP contribution in [-0.2, 0) is 25.9 Å². The van der Waals surface area contributed by atoms with Crippen LogP contribution in [0, 0.1) is 0 Å². The minimum absolute atomic E-state index is 0.468. The fourth-order valence-corrected chi connectivity index (χ4v) is 3.40. The molecule has 0 fully saturated rings. The summed E-state index contributed by atoms with van der Waals surface area (Å²) in [5, 5.41) is 14.3. The molecule has 3 heterocycles. The first-order valence-electron chi connectivity index (χ1n) is 6.99. The Balaban J connectivity index is 1.55. The molecule has 3 rings (SSSR count). The van der Waals surface area contributed by atoms with E-state index in [2.05, 4.69) is 44.5 Å². The molecule has 1 aliphatic rings. The lowest BCUT2D eigenvalue weighted by Gasteiger charge is -2.16. The van der Waals surface area contributed by atoms with Gasteiger partial charge in [-0.1, -0.05) is 6.07 Å². The third kappa shape index (κ3) is 3.04. The van der Waals surface area contributed by atoms with Crippen molar-refractivity contribution in [2.24, 2.45) is 0 Å². The van der Waals surface area contributed by atoms with E-state index in [9.17, 15) is 0 Å². The Bertz CT molecular complexity index is 518. The number of fused-ring (bicyclic) bond motifs is 1. The van der Waals surface area contributed by atoms with Crippen molar-refractivity contribution in [3.05, 3.63) is 34.0 Å². The molecular formula is C14H20N4S. The Morgan fingerprint density at radius 2 is 2.37 bits per heavy atom. The van der Waals surface area contributed by atoms with E-state index in [0.29, 0.717) is 6.04 Å². The average Bonchev–Trinajstić information content (AvgIpc) is 3.05. The first-order valence-corrected chi connectivity index (χ1v) is 7.87. The van der Waals surface area contributed by atoms with Gasteiger partial charge in [-0.05, 0) is 37.6 Å². The third-order valence-corrected chi connectivity index (χ3v) is 4.53. The molecule has 1 atom stereocenters. The van der Waals surface area contributed by atoms with Crippen molar-refractivity contribution >= 4 is 11.3 Å². The third-order valence-electron chi connectivity index (χ3n) is 3.63. The summed E-state index contributed by atoms with van der Waals surface area (Å²) in [4.78, 5) is 1.43. The van der Waals surface area contributed by atoms with Crippen LogP contribution in [0.3, 0.4) is 0 Å². The number of aryl methyl sites for hydroxylation is 1. The minimum atomic E-state index is 0.468. The molecule has 1 unspecified atom stereocenters. The van der Waals surface area contributed by atoms with Crippen molar-refractivity contribution in [2.75, 3.05) is 0 Å². The number of rotatable bonds is 5. The lowest BCUT2D eigenvalue weighted by atomic mass is 10.1. The zero-order valence-electron chi connectivity index (χ0n) is 11.3. The normalized spacial score (nSPS) is 16.3. The van der Waals surface area contributed by atoms with Gasteiger partial charge in [0.05, 0.1) is 6.54 Å². The number of thiophene rings is 1. The predicted molar refractivity (Wildman–Crippen MR) is 77.3 cm³/mol. The molecule has 2 aromatic rings. The first-order chi connectivity index (χ1) is 9.33. The molecule has 1 aliphatic heterocycles. The molecular weight excluding hydrogens is 256 g/mol. The summed E-state index contributed by atoms with van der Waals surface area (Å²) in [5.41, 5.74) is 0. The Kier molecular flexibility index (Phi) is 3.94. The van der Waals surface area contributed by atoms with Crippen LogP contribution in [0.2, 0.25) is 0 Å². The van der Waals surface area contributed by atoms with Crippen LogP contribution < -0.4 is 5.32 Å². The molecule has 0 aliphatic carbocycles. The molecule has 0 saturated heterocycles. The van der Waals surface area contributed by atoms with Gasteiger partial charge >= 0.3 is 0 Å². The van der Waals surface area contributed by atoms with E-state index in [1.807, 2.05) is 11.3 Å². The molecule has 102 valence electrons. The number of hydrogen-bond donors (Lipinski definition) is 1. The zero-order valence-corrected chi connectivity index (χ0v) is 12.1. The Labute approximate surface area is 117 Å². The van der Waals surface area contributed by atoms with E-state index in [1.54, 1.807) is 0 Å². The quantitative estimate of drug-likeness (QED) is 0.912. The largest absolute Gasteiger partial charge is 0.314 e. The minimum Gasteiger partial charge on any atom is -0.314 e. The Morgan fingerprint density at radius 3 is 3.21 bits per heavy atom. The molecule has 0 aromatic carbocycles. The molecule has 0 amide bonds. The van der Waals surface area contributed by atoms with Crippen LogP contribution in [0.5, 0.6) is 0 Å². The monoisotopic (exact) mass is 276 g/mol. The van der Waals surface area contributed by atoms with Crippen LogP contribution in [-0.4, -0.2) is 20.8 Å².